The number of rotatable bonds is 6. The summed E-state index contributed by atoms with van der Waals surface area (Å²) in [7, 11) is -3.63. The molecule has 0 radical (unpaired) electrons. The van der Waals surface area contributed by atoms with Gasteiger partial charge in [0.25, 0.3) is 5.69 Å². The SMILES string of the molecule is CCOP(=O)(OCC)c1cc(C)ccc1[N+](=O)[O-]. The molecular weight excluding hydrogens is 257 g/mol. The van der Waals surface area contributed by atoms with Crippen molar-refractivity contribution in [3.63, 3.8) is 0 Å². The molecule has 6 nitrogen and oxygen atoms in total. The van der Waals surface area contributed by atoms with Crippen molar-refractivity contribution in [2.24, 2.45) is 0 Å². The lowest BCUT2D eigenvalue weighted by Crippen LogP contribution is -2.15. The first kappa shape index (κ1) is 14.8. The van der Waals surface area contributed by atoms with Crippen LogP contribution < -0.4 is 5.30 Å². The second kappa shape index (κ2) is 6.09. The van der Waals surface area contributed by atoms with Crippen molar-refractivity contribution >= 4 is 18.6 Å². The van der Waals surface area contributed by atoms with Crippen LogP contribution >= 0.6 is 7.60 Å². The number of hydrogen-bond donors (Lipinski definition) is 0. The molecule has 0 saturated heterocycles. The average Bonchev–Trinajstić information content (AvgIpc) is 2.29. The van der Waals surface area contributed by atoms with Crippen LogP contribution in [0.15, 0.2) is 18.2 Å². The Balaban J connectivity index is 3.39. The number of benzene rings is 1. The first-order chi connectivity index (χ1) is 8.44. The van der Waals surface area contributed by atoms with Gasteiger partial charge in [0.2, 0.25) is 0 Å². The van der Waals surface area contributed by atoms with Crippen molar-refractivity contribution in [2.45, 2.75) is 20.8 Å². The van der Waals surface area contributed by atoms with Gasteiger partial charge in [-0.2, -0.15) is 0 Å². The predicted molar refractivity (Wildman–Crippen MR) is 68.3 cm³/mol. The maximum atomic E-state index is 12.5. The van der Waals surface area contributed by atoms with Crippen LogP contribution in [0, 0.1) is 17.0 Å². The number of nitro groups is 1. The lowest BCUT2D eigenvalue weighted by atomic mass is 10.2. The van der Waals surface area contributed by atoms with Gasteiger partial charge < -0.3 is 9.05 Å². The van der Waals surface area contributed by atoms with Crippen LogP contribution in [0.4, 0.5) is 5.69 Å². The number of nitro benzene ring substituents is 1. The molecule has 0 amide bonds. The maximum absolute atomic E-state index is 12.5. The monoisotopic (exact) mass is 273 g/mol. The van der Waals surface area contributed by atoms with E-state index in [4.69, 9.17) is 9.05 Å². The fourth-order valence-electron chi connectivity index (χ4n) is 1.52. The maximum Gasteiger partial charge on any atom is 0.368 e. The minimum absolute atomic E-state index is 0.0104. The highest BCUT2D eigenvalue weighted by molar-refractivity contribution is 7.62. The van der Waals surface area contributed by atoms with Crippen molar-refractivity contribution < 1.29 is 18.5 Å². The Morgan fingerprint density at radius 3 is 2.28 bits per heavy atom. The molecule has 0 fully saturated rings. The summed E-state index contributed by atoms with van der Waals surface area (Å²) in [6.45, 7) is 5.39. The Morgan fingerprint density at radius 1 is 1.28 bits per heavy atom. The fraction of sp³-hybridized carbons (Fsp3) is 0.455. The van der Waals surface area contributed by atoms with E-state index in [1.807, 2.05) is 0 Å². The first-order valence-electron chi connectivity index (χ1n) is 5.59. The molecule has 0 aliphatic heterocycles. The number of nitrogens with zero attached hydrogens (tertiary/aromatic N) is 1. The van der Waals surface area contributed by atoms with Gasteiger partial charge in [0.05, 0.1) is 18.1 Å². The normalized spacial score (nSPS) is 11.5. The van der Waals surface area contributed by atoms with Crippen LogP contribution in [0.1, 0.15) is 19.4 Å². The quantitative estimate of drug-likeness (QED) is 0.452. The minimum Gasteiger partial charge on any atom is -0.305 e. The van der Waals surface area contributed by atoms with Crippen LogP contribution in [-0.2, 0) is 13.6 Å². The van der Waals surface area contributed by atoms with Gasteiger partial charge in [0.15, 0.2) is 0 Å². The predicted octanol–water partition coefficient (Wildman–Crippen LogP) is 2.79. The third-order valence-corrected chi connectivity index (χ3v) is 4.37. The fourth-order valence-corrected chi connectivity index (χ4v) is 3.35. The van der Waals surface area contributed by atoms with E-state index in [0.29, 0.717) is 0 Å². The highest BCUT2D eigenvalue weighted by Crippen LogP contribution is 2.49. The second-order valence-corrected chi connectivity index (χ2v) is 5.58. The third-order valence-electron chi connectivity index (χ3n) is 2.22. The Labute approximate surface area is 106 Å². The van der Waals surface area contributed by atoms with Gasteiger partial charge in [-0.1, -0.05) is 6.07 Å². The standard InChI is InChI=1S/C11H16NO5P/c1-4-16-18(15,17-5-2)11-8-9(3)6-7-10(11)12(13)14/h6-8H,4-5H2,1-3H3. The smallest absolute Gasteiger partial charge is 0.305 e. The summed E-state index contributed by atoms with van der Waals surface area (Å²) in [5.74, 6) is 0. The molecule has 18 heavy (non-hydrogen) atoms. The second-order valence-electron chi connectivity index (χ2n) is 3.58. The Hall–Kier alpha value is -1.23. The van der Waals surface area contributed by atoms with E-state index in [-0.39, 0.29) is 24.2 Å². The van der Waals surface area contributed by atoms with Crippen molar-refractivity contribution in [1.29, 1.82) is 0 Å². The van der Waals surface area contributed by atoms with Gasteiger partial charge in [0.1, 0.15) is 5.30 Å². The zero-order chi connectivity index (χ0) is 13.8. The minimum atomic E-state index is -3.63. The van der Waals surface area contributed by atoms with E-state index < -0.39 is 12.5 Å². The zero-order valence-electron chi connectivity index (χ0n) is 10.6. The lowest BCUT2D eigenvalue weighted by molar-refractivity contribution is -0.383. The summed E-state index contributed by atoms with van der Waals surface area (Å²) < 4.78 is 22.8. The summed E-state index contributed by atoms with van der Waals surface area (Å²) in [6.07, 6.45) is 0. The molecular formula is C11H16NO5P. The van der Waals surface area contributed by atoms with E-state index in [9.17, 15) is 14.7 Å². The van der Waals surface area contributed by atoms with E-state index in [1.54, 1.807) is 26.8 Å². The molecule has 1 aromatic carbocycles. The van der Waals surface area contributed by atoms with Gasteiger partial charge >= 0.3 is 7.60 Å². The molecule has 0 spiro atoms. The van der Waals surface area contributed by atoms with E-state index in [2.05, 4.69) is 0 Å². The van der Waals surface area contributed by atoms with Crippen molar-refractivity contribution in [3.8, 4) is 0 Å². The van der Waals surface area contributed by atoms with Gasteiger partial charge in [0, 0.05) is 6.07 Å². The highest BCUT2D eigenvalue weighted by atomic mass is 31.2. The van der Waals surface area contributed by atoms with Gasteiger partial charge in [-0.25, -0.2) is 0 Å². The van der Waals surface area contributed by atoms with Crippen LogP contribution in [0.5, 0.6) is 0 Å². The molecule has 100 valence electrons. The van der Waals surface area contributed by atoms with E-state index >= 15 is 0 Å². The van der Waals surface area contributed by atoms with Crippen LogP contribution in [0.2, 0.25) is 0 Å². The molecule has 0 unspecified atom stereocenters. The zero-order valence-corrected chi connectivity index (χ0v) is 11.5. The third kappa shape index (κ3) is 3.16. The van der Waals surface area contributed by atoms with Crippen LogP contribution in [0.3, 0.4) is 0 Å². The van der Waals surface area contributed by atoms with Gasteiger partial charge in [-0.15, -0.1) is 0 Å². The molecule has 1 aromatic rings. The molecule has 0 aliphatic carbocycles. The number of hydrogen-bond acceptors (Lipinski definition) is 5. The van der Waals surface area contributed by atoms with Gasteiger partial charge in [-0.3, -0.25) is 14.7 Å². The topological polar surface area (TPSA) is 78.7 Å². The summed E-state index contributed by atoms with van der Waals surface area (Å²) in [6, 6.07) is 4.38. The summed E-state index contributed by atoms with van der Waals surface area (Å²) in [4.78, 5) is 10.4. The van der Waals surface area contributed by atoms with E-state index in [0.717, 1.165) is 5.56 Å². The molecule has 0 atom stereocenters. The Morgan fingerprint density at radius 2 is 1.83 bits per heavy atom. The molecule has 0 aliphatic rings. The summed E-state index contributed by atoms with van der Waals surface area (Å²) in [5.41, 5.74) is 0.515. The lowest BCUT2D eigenvalue weighted by Gasteiger charge is -2.17. The van der Waals surface area contributed by atoms with Crippen molar-refractivity contribution in [2.75, 3.05) is 13.2 Å². The Bertz CT molecular complexity index is 478. The molecule has 0 saturated carbocycles. The van der Waals surface area contributed by atoms with E-state index in [1.165, 1.54) is 12.1 Å². The Kier molecular flexibility index (Phi) is 5.02. The van der Waals surface area contributed by atoms with Crippen molar-refractivity contribution in [1.82, 2.24) is 0 Å². The molecule has 0 bridgehead atoms. The largest absolute Gasteiger partial charge is 0.368 e. The molecule has 7 heteroatoms. The van der Waals surface area contributed by atoms with Crippen LogP contribution in [0.25, 0.3) is 0 Å². The van der Waals surface area contributed by atoms with Crippen LogP contribution in [-0.4, -0.2) is 18.1 Å². The summed E-state index contributed by atoms with van der Waals surface area (Å²) in [5, 5.41) is 11.0. The van der Waals surface area contributed by atoms with Gasteiger partial charge in [-0.05, 0) is 32.4 Å². The van der Waals surface area contributed by atoms with Crippen molar-refractivity contribution in [3.05, 3.63) is 33.9 Å². The summed E-state index contributed by atoms with van der Waals surface area (Å²) >= 11 is 0. The first-order valence-corrected chi connectivity index (χ1v) is 7.13. The molecule has 0 N–H and O–H groups in total. The highest BCUT2D eigenvalue weighted by Gasteiger charge is 2.34. The molecule has 1 rings (SSSR count). The number of aryl methyl sites for hydroxylation is 1. The average molecular weight is 273 g/mol. The molecule has 0 aromatic heterocycles. The molecule has 0 heterocycles.